The molecule has 0 saturated carbocycles. The van der Waals surface area contributed by atoms with Gasteiger partial charge >= 0.3 is 5.97 Å². The normalized spacial score (nSPS) is 19.3. The van der Waals surface area contributed by atoms with Crippen LogP contribution in [0.5, 0.6) is 11.5 Å². The molecular weight excluding hydrogens is 394 g/mol. The van der Waals surface area contributed by atoms with Crippen LogP contribution in [-0.2, 0) is 14.3 Å². The molecule has 1 amide bonds. The van der Waals surface area contributed by atoms with Crippen molar-refractivity contribution in [1.29, 1.82) is 0 Å². The molecule has 1 aromatic rings. The predicted molar refractivity (Wildman–Crippen MR) is 113 cm³/mol. The summed E-state index contributed by atoms with van der Waals surface area (Å²) in [5.41, 5.74) is 0.664. The molecule has 1 fully saturated rings. The van der Waals surface area contributed by atoms with Crippen molar-refractivity contribution in [3.05, 3.63) is 28.8 Å². The summed E-state index contributed by atoms with van der Waals surface area (Å²) < 4.78 is 16.0. The second-order valence-electron chi connectivity index (χ2n) is 7.57. The SMILES string of the molecule is CCCOc1c(Cl)cc(/C=C/C(=O)OCC(=O)N2C[C@@H](C)C[C@H](C)C2)cc1OC. The van der Waals surface area contributed by atoms with Crippen LogP contribution in [0, 0.1) is 11.8 Å². The second-order valence-corrected chi connectivity index (χ2v) is 7.98. The molecule has 0 N–H and O–H groups in total. The maximum absolute atomic E-state index is 12.3. The number of amides is 1. The quantitative estimate of drug-likeness (QED) is 0.463. The van der Waals surface area contributed by atoms with E-state index in [1.807, 2.05) is 6.92 Å². The molecule has 2 rings (SSSR count). The summed E-state index contributed by atoms with van der Waals surface area (Å²) in [6.07, 6.45) is 4.80. The monoisotopic (exact) mass is 423 g/mol. The smallest absolute Gasteiger partial charge is 0.331 e. The van der Waals surface area contributed by atoms with Crippen LogP contribution in [0.3, 0.4) is 0 Å². The van der Waals surface area contributed by atoms with Gasteiger partial charge in [0.2, 0.25) is 0 Å². The van der Waals surface area contributed by atoms with Crippen molar-refractivity contribution in [2.24, 2.45) is 11.8 Å². The summed E-state index contributed by atoms with van der Waals surface area (Å²) in [6, 6.07) is 3.41. The van der Waals surface area contributed by atoms with Gasteiger partial charge in [0, 0.05) is 19.2 Å². The van der Waals surface area contributed by atoms with Gasteiger partial charge in [-0.3, -0.25) is 4.79 Å². The zero-order valence-electron chi connectivity index (χ0n) is 17.6. The number of carbonyl (C=O) groups is 2. The van der Waals surface area contributed by atoms with Gasteiger partial charge in [0.05, 0.1) is 18.7 Å². The van der Waals surface area contributed by atoms with Crippen LogP contribution in [-0.4, -0.2) is 50.2 Å². The maximum atomic E-state index is 12.3. The molecule has 2 atom stereocenters. The Balaban J connectivity index is 1.93. The van der Waals surface area contributed by atoms with Crippen LogP contribution in [0.4, 0.5) is 0 Å². The van der Waals surface area contributed by atoms with E-state index in [4.69, 9.17) is 25.8 Å². The second kappa shape index (κ2) is 11.1. The summed E-state index contributed by atoms with van der Waals surface area (Å²) in [6.45, 7) is 7.95. The van der Waals surface area contributed by atoms with Crippen molar-refractivity contribution < 1.29 is 23.8 Å². The van der Waals surface area contributed by atoms with E-state index in [0.29, 0.717) is 53.6 Å². The lowest BCUT2D eigenvalue weighted by Gasteiger charge is -2.34. The number of nitrogens with zero attached hydrogens (tertiary/aromatic N) is 1. The first-order chi connectivity index (χ1) is 13.8. The van der Waals surface area contributed by atoms with Crippen LogP contribution in [0.25, 0.3) is 6.08 Å². The highest BCUT2D eigenvalue weighted by atomic mass is 35.5. The zero-order valence-corrected chi connectivity index (χ0v) is 18.3. The molecule has 6 nitrogen and oxygen atoms in total. The Bertz CT molecular complexity index is 739. The number of likely N-dealkylation sites (tertiary alicyclic amines) is 1. The highest BCUT2D eigenvalue weighted by Crippen LogP contribution is 2.36. The van der Waals surface area contributed by atoms with E-state index < -0.39 is 5.97 Å². The summed E-state index contributed by atoms with van der Waals surface area (Å²) in [4.78, 5) is 26.1. The molecule has 1 heterocycles. The fourth-order valence-corrected chi connectivity index (χ4v) is 3.76. The van der Waals surface area contributed by atoms with E-state index in [0.717, 1.165) is 12.8 Å². The standard InChI is InChI=1S/C22H30ClNO5/c1-5-8-28-22-18(23)10-17(11-19(22)27-4)6-7-21(26)29-14-20(25)24-12-15(2)9-16(3)13-24/h6-7,10-11,15-16H,5,8-9,12-14H2,1-4H3/b7-6+/t15-,16-/m0/s1. The molecule has 0 spiro atoms. The number of hydrogen-bond donors (Lipinski definition) is 0. The average molecular weight is 424 g/mol. The van der Waals surface area contributed by atoms with Crippen molar-refractivity contribution in [1.82, 2.24) is 4.90 Å². The van der Waals surface area contributed by atoms with Crippen molar-refractivity contribution >= 4 is 29.6 Å². The van der Waals surface area contributed by atoms with E-state index >= 15 is 0 Å². The summed E-state index contributed by atoms with van der Waals surface area (Å²) in [7, 11) is 1.53. The van der Waals surface area contributed by atoms with Gasteiger partial charge in [-0.1, -0.05) is 32.4 Å². The highest BCUT2D eigenvalue weighted by Gasteiger charge is 2.25. The van der Waals surface area contributed by atoms with E-state index in [9.17, 15) is 9.59 Å². The fraction of sp³-hybridized carbons (Fsp3) is 0.545. The number of esters is 1. The average Bonchev–Trinajstić information content (AvgIpc) is 2.68. The van der Waals surface area contributed by atoms with Gasteiger partial charge in [0.1, 0.15) is 0 Å². The van der Waals surface area contributed by atoms with Crippen LogP contribution in [0.1, 0.15) is 39.2 Å². The molecule has 7 heteroatoms. The molecule has 160 valence electrons. The van der Waals surface area contributed by atoms with Crippen molar-refractivity contribution in [3.63, 3.8) is 0 Å². The molecule has 0 aromatic heterocycles. The van der Waals surface area contributed by atoms with Gasteiger partial charge in [0.25, 0.3) is 5.91 Å². The van der Waals surface area contributed by atoms with Crippen LogP contribution in [0.2, 0.25) is 5.02 Å². The van der Waals surface area contributed by atoms with Gasteiger partial charge in [-0.05, 0) is 48.4 Å². The van der Waals surface area contributed by atoms with Gasteiger partial charge in [-0.25, -0.2) is 4.79 Å². The van der Waals surface area contributed by atoms with E-state index in [1.54, 1.807) is 23.1 Å². The Morgan fingerprint density at radius 1 is 1.24 bits per heavy atom. The van der Waals surface area contributed by atoms with E-state index in [1.165, 1.54) is 13.2 Å². The Labute approximate surface area is 177 Å². The number of halogens is 1. The molecule has 1 aliphatic rings. The lowest BCUT2D eigenvalue weighted by Crippen LogP contribution is -2.44. The molecule has 0 aliphatic carbocycles. The first kappa shape index (κ1) is 23.1. The number of carbonyl (C=O) groups excluding carboxylic acids is 2. The lowest BCUT2D eigenvalue weighted by atomic mass is 9.92. The van der Waals surface area contributed by atoms with Crippen molar-refractivity contribution in [2.75, 3.05) is 33.4 Å². The molecule has 1 aromatic carbocycles. The van der Waals surface area contributed by atoms with Crippen molar-refractivity contribution in [2.45, 2.75) is 33.6 Å². The number of hydrogen-bond acceptors (Lipinski definition) is 5. The molecule has 0 radical (unpaired) electrons. The Kier molecular flexibility index (Phi) is 8.83. The predicted octanol–water partition coefficient (Wildman–Crippen LogP) is 4.20. The van der Waals surface area contributed by atoms with Crippen LogP contribution < -0.4 is 9.47 Å². The highest BCUT2D eigenvalue weighted by molar-refractivity contribution is 6.32. The Morgan fingerprint density at radius 3 is 2.55 bits per heavy atom. The number of ether oxygens (including phenoxy) is 3. The topological polar surface area (TPSA) is 65.1 Å². The van der Waals surface area contributed by atoms with E-state index in [2.05, 4.69) is 13.8 Å². The third-order valence-corrected chi connectivity index (χ3v) is 4.95. The van der Waals surface area contributed by atoms with Gasteiger partial charge < -0.3 is 19.1 Å². The first-order valence-corrected chi connectivity index (χ1v) is 10.3. The lowest BCUT2D eigenvalue weighted by molar-refractivity contribution is -0.149. The minimum atomic E-state index is -0.585. The third-order valence-electron chi connectivity index (χ3n) is 4.67. The maximum Gasteiger partial charge on any atom is 0.331 e. The third kappa shape index (κ3) is 6.96. The number of methoxy groups -OCH3 is 1. The molecule has 0 unspecified atom stereocenters. The Morgan fingerprint density at radius 2 is 1.93 bits per heavy atom. The molecule has 1 aliphatic heterocycles. The van der Waals surface area contributed by atoms with Crippen LogP contribution >= 0.6 is 11.6 Å². The number of piperidine rings is 1. The van der Waals surface area contributed by atoms with E-state index in [-0.39, 0.29) is 12.5 Å². The van der Waals surface area contributed by atoms with Gasteiger partial charge in [-0.15, -0.1) is 0 Å². The van der Waals surface area contributed by atoms with Gasteiger partial charge in [-0.2, -0.15) is 0 Å². The number of rotatable bonds is 8. The summed E-state index contributed by atoms with van der Waals surface area (Å²) in [5, 5.41) is 0.398. The minimum Gasteiger partial charge on any atom is -0.493 e. The van der Waals surface area contributed by atoms with Crippen LogP contribution in [0.15, 0.2) is 18.2 Å². The zero-order chi connectivity index (χ0) is 21.4. The summed E-state index contributed by atoms with van der Waals surface area (Å²) in [5.74, 6) is 1.14. The minimum absolute atomic E-state index is 0.160. The van der Waals surface area contributed by atoms with Gasteiger partial charge in [0.15, 0.2) is 18.1 Å². The molecule has 0 bridgehead atoms. The molecular formula is C22H30ClNO5. The summed E-state index contributed by atoms with van der Waals surface area (Å²) >= 11 is 6.27. The molecule has 1 saturated heterocycles. The first-order valence-electron chi connectivity index (χ1n) is 9.97. The molecule has 29 heavy (non-hydrogen) atoms. The fourth-order valence-electron chi connectivity index (χ4n) is 3.48. The Hall–Kier alpha value is -2.21. The largest absolute Gasteiger partial charge is 0.493 e. The van der Waals surface area contributed by atoms with Crippen molar-refractivity contribution in [3.8, 4) is 11.5 Å². The number of benzene rings is 1.